The number of carboxylic acids is 1. The van der Waals surface area contributed by atoms with Crippen LogP contribution in [0.3, 0.4) is 0 Å². The van der Waals surface area contributed by atoms with Crippen LogP contribution in [0.1, 0.15) is 30.1 Å². The molecule has 2 amide bonds. The standard InChI is InChI=1S/C14H20N2O4/c1-2-3-8-20-9-7-15-14(19)16-12-6-4-5-11(10-12)13(17)18/h4-6,10H,2-3,7-9H2,1H3,(H,17,18)(H2,15,16,19). The number of benzene rings is 1. The van der Waals surface area contributed by atoms with Crippen molar-refractivity contribution in [1.82, 2.24) is 5.32 Å². The molecule has 0 aliphatic heterocycles. The first-order chi connectivity index (χ1) is 9.63. The molecule has 6 heteroatoms. The Morgan fingerprint density at radius 2 is 2.10 bits per heavy atom. The largest absolute Gasteiger partial charge is 0.478 e. The fraction of sp³-hybridized carbons (Fsp3) is 0.429. The number of carbonyl (C=O) groups is 2. The first kappa shape index (κ1) is 16.0. The second-order valence-electron chi connectivity index (χ2n) is 4.23. The zero-order chi connectivity index (χ0) is 14.8. The lowest BCUT2D eigenvalue weighted by atomic mass is 10.2. The van der Waals surface area contributed by atoms with E-state index in [1.54, 1.807) is 12.1 Å². The summed E-state index contributed by atoms with van der Waals surface area (Å²) in [4.78, 5) is 22.3. The molecule has 0 radical (unpaired) electrons. The van der Waals surface area contributed by atoms with Gasteiger partial charge in [0.1, 0.15) is 0 Å². The minimum absolute atomic E-state index is 0.130. The third-order valence-corrected chi connectivity index (χ3v) is 2.54. The van der Waals surface area contributed by atoms with Gasteiger partial charge in [-0.05, 0) is 24.6 Å². The third kappa shape index (κ3) is 6.19. The number of hydrogen-bond acceptors (Lipinski definition) is 3. The SMILES string of the molecule is CCCCOCCNC(=O)Nc1cccc(C(=O)O)c1. The number of carboxylic acid groups (broad SMARTS) is 1. The summed E-state index contributed by atoms with van der Waals surface area (Å²) in [5.74, 6) is -1.03. The fourth-order valence-electron chi connectivity index (χ4n) is 1.49. The zero-order valence-electron chi connectivity index (χ0n) is 11.5. The van der Waals surface area contributed by atoms with Crippen LogP contribution in [0.5, 0.6) is 0 Å². The van der Waals surface area contributed by atoms with Gasteiger partial charge in [0.15, 0.2) is 0 Å². The molecule has 0 spiro atoms. The van der Waals surface area contributed by atoms with Gasteiger partial charge in [-0.2, -0.15) is 0 Å². The summed E-state index contributed by atoms with van der Waals surface area (Å²) in [5, 5.41) is 14.0. The van der Waals surface area contributed by atoms with E-state index in [0.29, 0.717) is 25.4 Å². The van der Waals surface area contributed by atoms with E-state index in [1.165, 1.54) is 12.1 Å². The highest BCUT2D eigenvalue weighted by atomic mass is 16.5. The number of rotatable bonds is 8. The highest BCUT2D eigenvalue weighted by Crippen LogP contribution is 2.10. The molecule has 0 fully saturated rings. The molecule has 0 bridgehead atoms. The Labute approximate surface area is 118 Å². The van der Waals surface area contributed by atoms with Crippen LogP contribution in [0.2, 0.25) is 0 Å². The quantitative estimate of drug-likeness (QED) is 0.638. The van der Waals surface area contributed by atoms with Crippen molar-refractivity contribution in [2.24, 2.45) is 0 Å². The van der Waals surface area contributed by atoms with Crippen molar-refractivity contribution in [2.45, 2.75) is 19.8 Å². The van der Waals surface area contributed by atoms with Crippen molar-refractivity contribution in [3.05, 3.63) is 29.8 Å². The number of anilines is 1. The van der Waals surface area contributed by atoms with Crippen LogP contribution >= 0.6 is 0 Å². The number of hydrogen-bond donors (Lipinski definition) is 3. The van der Waals surface area contributed by atoms with E-state index in [9.17, 15) is 9.59 Å². The van der Waals surface area contributed by atoms with Gasteiger partial charge < -0.3 is 20.5 Å². The topological polar surface area (TPSA) is 87.7 Å². The molecule has 3 N–H and O–H groups in total. The predicted octanol–water partition coefficient (Wildman–Crippen LogP) is 2.32. The number of amides is 2. The molecule has 6 nitrogen and oxygen atoms in total. The second-order valence-corrected chi connectivity index (χ2v) is 4.23. The van der Waals surface area contributed by atoms with E-state index in [2.05, 4.69) is 17.6 Å². The third-order valence-electron chi connectivity index (χ3n) is 2.54. The number of unbranched alkanes of at least 4 members (excludes halogenated alkanes) is 1. The van der Waals surface area contributed by atoms with Crippen LogP contribution in [0.4, 0.5) is 10.5 Å². The maximum absolute atomic E-state index is 11.6. The van der Waals surface area contributed by atoms with E-state index in [0.717, 1.165) is 12.8 Å². The highest BCUT2D eigenvalue weighted by molar-refractivity contribution is 5.93. The number of aromatic carboxylic acids is 1. The monoisotopic (exact) mass is 280 g/mol. The molecule has 1 rings (SSSR count). The minimum Gasteiger partial charge on any atom is -0.478 e. The van der Waals surface area contributed by atoms with Gasteiger partial charge in [0.2, 0.25) is 0 Å². The second kappa shape index (κ2) is 8.92. The molecule has 0 aliphatic carbocycles. The molecular formula is C14H20N2O4. The lowest BCUT2D eigenvalue weighted by Gasteiger charge is -2.08. The summed E-state index contributed by atoms with van der Waals surface area (Å²) in [5.41, 5.74) is 0.569. The van der Waals surface area contributed by atoms with Crippen molar-refractivity contribution in [3.8, 4) is 0 Å². The van der Waals surface area contributed by atoms with Crippen molar-refractivity contribution >= 4 is 17.7 Å². The van der Waals surface area contributed by atoms with Gasteiger partial charge >= 0.3 is 12.0 Å². The maximum Gasteiger partial charge on any atom is 0.335 e. The molecule has 110 valence electrons. The van der Waals surface area contributed by atoms with E-state index >= 15 is 0 Å². The van der Waals surface area contributed by atoms with Crippen LogP contribution in [-0.4, -0.2) is 36.9 Å². The summed E-state index contributed by atoms with van der Waals surface area (Å²) in [6.07, 6.45) is 2.09. The van der Waals surface area contributed by atoms with Crippen LogP contribution in [-0.2, 0) is 4.74 Å². The van der Waals surface area contributed by atoms with Gasteiger partial charge in [0.25, 0.3) is 0 Å². The smallest absolute Gasteiger partial charge is 0.335 e. The van der Waals surface area contributed by atoms with Gasteiger partial charge in [-0.15, -0.1) is 0 Å². The molecule has 0 saturated carbocycles. The minimum atomic E-state index is -1.03. The molecule has 0 saturated heterocycles. The molecule has 0 aromatic heterocycles. The average molecular weight is 280 g/mol. The van der Waals surface area contributed by atoms with Crippen molar-refractivity contribution in [2.75, 3.05) is 25.1 Å². The summed E-state index contributed by atoms with van der Waals surface area (Å²) < 4.78 is 5.31. The number of urea groups is 1. The Balaban J connectivity index is 2.28. The maximum atomic E-state index is 11.6. The fourth-order valence-corrected chi connectivity index (χ4v) is 1.49. The summed E-state index contributed by atoms with van der Waals surface area (Å²) in [6.45, 7) is 3.65. The van der Waals surface area contributed by atoms with Gasteiger partial charge in [0.05, 0.1) is 12.2 Å². The molecule has 0 atom stereocenters. The molecule has 0 heterocycles. The normalized spacial score (nSPS) is 10.1. The number of nitrogens with one attached hydrogen (secondary N) is 2. The molecule has 0 unspecified atom stereocenters. The highest BCUT2D eigenvalue weighted by Gasteiger charge is 2.05. The van der Waals surface area contributed by atoms with E-state index < -0.39 is 5.97 Å². The van der Waals surface area contributed by atoms with Gasteiger partial charge in [0, 0.05) is 18.8 Å². The van der Waals surface area contributed by atoms with Crippen molar-refractivity contribution in [3.63, 3.8) is 0 Å². The van der Waals surface area contributed by atoms with Gasteiger partial charge in [-0.3, -0.25) is 0 Å². The lowest BCUT2D eigenvalue weighted by Crippen LogP contribution is -2.31. The predicted molar refractivity (Wildman–Crippen MR) is 76.1 cm³/mol. The molecule has 1 aromatic rings. The first-order valence-electron chi connectivity index (χ1n) is 6.59. The Morgan fingerprint density at radius 3 is 2.80 bits per heavy atom. The van der Waals surface area contributed by atoms with E-state index in [-0.39, 0.29) is 11.6 Å². The summed E-state index contributed by atoms with van der Waals surface area (Å²) in [7, 11) is 0. The Kier molecular flexibility index (Phi) is 7.13. The van der Waals surface area contributed by atoms with Crippen LogP contribution in [0, 0.1) is 0 Å². The van der Waals surface area contributed by atoms with Crippen LogP contribution < -0.4 is 10.6 Å². The number of ether oxygens (including phenoxy) is 1. The van der Waals surface area contributed by atoms with Gasteiger partial charge in [-0.1, -0.05) is 19.4 Å². The first-order valence-corrected chi connectivity index (χ1v) is 6.59. The van der Waals surface area contributed by atoms with E-state index in [4.69, 9.17) is 9.84 Å². The molecule has 1 aromatic carbocycles. The van der Waals surface area contributed by atoms with Crippen LogP contribution in [0.15, 0.2) is 24.3 Å². The summed E-state index contributed by atoms with van der Waals surface area (Å²) in [6, 6.07) is 5.69. The van der Waals surface area contributed by atoms with Crippen molar-refractivity contribution < 1.29 is 19.4 Å². The molecular weight excluding hydrogens is 260 g/mol. The Bertz CT molecular complexity index is 449. The zero-order valence-corrected chi connectivity index (χ0v) is 11.5. The number of carbonyl (C=O) groups excluding carboxylic acids is 1. The Morgan fingerprint density at radius 1 is 1.30 bits per heavy atom. The molecule has 20 heavy (non-hydrogen) atoms. The Hall–Kier alpha value is -2.08. The van der Waals surface area contributed by atoms with Crippen molar-refractivity contribution in [1.29, 1.82) is 0 Å². The lowest BCUT2D eigenvalue weighted by molar-refractivity contribution is 0.0697. The molecule has 0 aliphatic rings. The average Bonchev–Trinajstić information content (AvgIpc) is 2.43. The van der Waals surface area contributed by atoms with E-state index in [1.807, 2.05) is 0 Å². The summed E-state index contributed by atoms with van der Waals surface area (Å²) >= 11 is 0. The van der Waals surface area contributed by atoms with Crippen LogP contribution in [0.25, 0.3) is 0 Å². The van der Waals surface area contributed by atoms with Gasteiger partial charge in [-0.25, -0.2) is 9.59 Å².